The third-order valence-corrected chi connectivity index (χ3v) is 16.3. The van der Waals surface area contributed by atoms with Crippen LogP contribution < -0.4 is 153 Å². The summed E-state index contributed by atoms with van der Waals surface area (Å²) in [6.45, 7) is 11.8. The largest absolute Gasteiger partial charge is 1.00 e. The van der Waals surface area contributed by atoms with Gasteiger partial charge >= 0.3 is 138 Å². The van der Waals surface area contributed by atoms with Crippen LogP contribution in [0.5, 0.6) is 46.0 Å². The quantitative estimate of drug-likeness (QED) is 0.0109. The first-order valence-electron chi connectivity index (χ1n) is 34.1. The molecule has 116 heavy (non-hydrogen) atoms. The normalized spacial score (nSPS) is 10.4. The third-order valence-electron chi connectivity index (χ3n) is 16.0. The van der Waals surface area contributed by atoms with Crippen LogP contribution in [0.25, 0.3) is 61.8 Å². The van der Waals surface area contributed by atoms with Gasteiger partial charge in [0.05, 0.1) is 22.1 Å². The Bertz CT molecular complexity index is 5530. The fraction of sp³-hybridized carbons (Fsp3) is 0.0341. The number of aromatic hydroxyl groups is 6. The van der Waals surface area contributed by atoms with Crippen LogP contribution in [0.3, 0.4) is 0 Å². The molecule has 0 saturated heterocycles. The Balaban J connectivity index is 0.000000262. The molecular formula is C88H71ClCs2N12O11Zn2. The Hall–Kier alpha value is -9.85. The van der Waals surface area contributed by atoms with Crippen molar-refractivity contribution in [2.45, 2.75) is 19.1 Å². The summed E-state index contributed by atoms with van der Waals surface area (Å²) in [5.41, 5.74) is 13.3. The van der Waals surface area contributed by atoms with Gasteiger partial charge in [-0.05, 0) is 130 Å². The van der Waals surface area contributed by atoms with Crippen molar-refractivity contribution in [3.8, 4) is 46.0 Å². The number of pyridine rings is 4. The second-order valence-corrected chi connectivity index (χ2v) is 23.9. The minimum Gasteiger partial charge on any atom is -1.00 e. The Morgan fingerprint density at radius 2 is 0.595 bits per heavy atom. The maximum atomic E-state index is 10.3. The number of phenolic OH excluding ortho intramolecular Hbond substituents is 6. The molecule has 4 aromatic heterocycles. The minimum atomic E-state index is -0.181. The number of halogens is 1. The number of para-hydroxylation sites is 4. The molecule has 562 valence electrons. The molecule has 0 fully saturated rings. The molecule has 0 atom stereocenters. The van der Waals surface area contributed by atoms with Crippen LogP contribution in [-0.2, 0) is 67.7 Å². The number of hydrogen-bond donors (Lipinski definition) is 6. The number of carbonyl (C=O) groups is 1. The summed E-state index contributed by atoms with van der Waals surface area (Å²) < 4.78 is 11.5. The maximum absolute atomic E-state index is 10.3. The topological polar surface area (TPSA) is 340 Å². The van der Waals surface area contributed by atoms with E-state index in [2.05, 4.69) is 85.5 Å². The van der Waals surface area contributed by atoms with Crippen molar-refractivity contribution in [3.05, 3.63) is 345 Å². The van der Waals surface area contributed by atoms with Crippen molar-refractivity contribution in [1.29, 1.82) is 0 Å². The van der Waals surface area contributed by atoms with Gasteiger partial charge in [-0.1, -0.05) is 184 Å². The van der Waals surface area contributed by atoms with E-state index in [0.717, 1.165) is 77.0 Å². The monoisotopic (exact) mass is 1900 g/mol. The molecule has 23 nitrogen and oxygen atoms in total. The molecule has 0 aliphatic rings. The van der Waals surface area contributed by atoms with Crippen LogP contribution >= 0.6 is 11.6 Å². The van der Waals surface area contributed by atoms with Gasteiger partial charge in [0, 0.05) is 115 Å². The molecule has 11 aromatic carbocycles. The SMILES string of the molecule is C=Cc1ccc(CCl)cc1.C=Cc1ccc(COc2ccc(N=Nc3cccc4cccnc34)c(O)c2)cc1.C=Cc1ccc(COc2ccc(N=Nc3cccc4cccnc34)c(O)c2)cc1.O=CO[O-].Oc1ccc(N=Nc2cccc3cccnc23)c(O)c1.Oc1ccc(N=Nc2cccc3cccnc23)c(O)c1.[Cs+].[Cs+].[H-].[Zn].[Zn]. The summed E-state index contributed by atoms with van der Waals surface area (Å²) >= 11 is 5.60. The molecule has 0 unspecified atom stereocenters. The van der Waals surface area contributed by atoms with Gasteiger partial charge in [0.1, 0.15) is 105 Å². The van der Waals surface area contributed by atoms with E-state index in [-0.39, 0.29) is 231 Å². The number of carbonyl (C=O) groups excluding carboxylic acids is 1. The molecule has 15 rings (SSSR count). The number of benzene rings is 11. The molecule has 0 spiro atoms. The molecular weight excluding hydrogens is 1830 g/mol. The fourth-order valence-corrected chi connectivity index (χ4v) is 10.4. The molecule has 6 N–H and O–H groups in total. The second kappa shape index (κ2) is 50.6. The van der Waals surface area contributed by atoms with E-state index < -0.39 is 0 Å². The molecule has 0 amide bonds. The number of rotatable bonds is 19. The first-order valence-corrected chi connectivity index (χ1v) is 34.6. The van der Waals surface area contributed by atoms with Gasteiger partial charge < -0.3 is 51.7 Å². The molecule has 0 saturated carbocycles. The summed E-state index contributed by atoms with van der Waals surface area (Å²) in [6, 6.07) is 80.0. The Morgan fingerprint density at radius 3 is 0.845 bits per heavy atom. The van der Waals surface area contributed by atoms with Gasteiger partial charge in [0.15, 0.2) is 0 Å². The molecule has 4 heterocycles. The average Bonchev–Trinajstić information content (AvgIpc) is 0.833. The summed E-state index contributed by atoms with van der Waals surface area (Å²) in [7, 11) is 0. The average molecular weight is 1900 g/mol. The van der Waals surface area contributed by atoms with E-state index in [4.69, 9.17) is 31.1 Å². The van der Waals surface area contributed by atoms with Crippen molar-refractivity contribution in [1.82, 2.24) is 19.9 Å². The molecule has 28 heteroatoms. The van der Waals surface area contributed by atoms with Crippen LogP contribution in [0.1, 0.15) is 34.8 Å². The fourth-order valence-electron chi connectivity index (χ4n) is 10.2. The number of aromatic nitrogens is 4. The third kappa shape index (κ3) is 29.1. The van der Waals surface area contributed by atoms with Crippen molar-refractivity contribution in [2.75, 3.05) is 0 Å². The Kier molecular flexibility index (Phi) is 41.4. The number of ether oxygens (including phenoxy) is 2. The number of fused-ring (bicyclic) bond motifs is 4. The summed E-state index contributed by atoms with van der Waals surface area (Å²) in [5, 5.41) is 104. The van der Waals surface area contributed by atoms with E-state index in [1.807, 2.05) is 188 Å². The molecule has 0 aliphatic heterocycles. The van der Waals surface area contributed by atoms with Gasteiger partial charge in [-0.2, -0.15) is 0 Å². The van der Waals surface area contributed by atoms with Crippen LogP contribution in [0.4, 0.5) is 45.5 Å². The van der Waals surface area contributed by atoms with Crippen LogP contribution in [0.15, 0.2) is 352 Å². The number of azo groups is 4. The van der Waals surface area contributed by atoms with Crippen LogP contribution in [0, 0.1) is 0 Å². The summed E-state index contributed by atoms with van der Waals surface area (Å²) in [5.74, 6) is 1.41. The van der Waals surface area contributed by atoms with E-state index in [1.54, 1.807) is 73.3 Å². The van der Waals surface area contributed by atoms with Crippen molar-refractivity contribution in [3.63, 3.8) is 0 Å². The number of nitrogens with zero attached hydrogens (tertiary/aromatic N) is 12. The van der Waals surface area contributed by atoms with E-state index in [9.17, 15) is 30.6 Å². The zero-order valence-corrected chi connectivity index (χ0v) is 82.4. The zero-order valence-electron chi connectivity index (χ0n) is 64.1. The van der Waals surface area contributed by atoms with E-state index in [1.165, 1.54) is 48.5 Å². The van der Waals surface area contributed by atoms with Gasteiger partial charge in [0.25, 0.3) is 6.47 Å². The van der Waals surface area contributed by atoms with E-state index >= 15 is 0 Å². The first kappa shape index (κ1) is 95.0. The smallest absolute Gasteiger partial charge is 1.00 e. The molecule has 15 aromatic rings. The Morgan fingerprint density at radius 1 is 0.345 bits per heavy atom. The molecule has 0 aliphatic carbocycles. The van der Waals surface area contributed by atoms with E-state index in [0.29, 0.717) is 64.7 Å². The summed E-state index contributed by atoms with van der Waals surface area (Å²) in [4.78, 5) is 28.5. The first-order chi connectivity index (χ1) is 54.7. The number of hydrogen-bond acceptors (Lipinski definition) is 23. The zero-order chi connectivity index (χ0) is 78.8. The Labute approximate surface area is 817 Å². The van der Waals surface area contributed by atoms with Crippen molar-refractivity contribution >= 4 is 125 Å². The van der Waals surface area contributed by atoms with Gasteiger partial charge in [0.2, 0.25) is 0 Å². The van der Waals surface area contributed by atoms with Gasteiger partial charge in [-0.3, -0.25) is 24.7 Å². The standard InChI is InChI=1S/2C24H19N3O2.2C15H11N3O2.C9H9Cl.CH2O3.2Cs.2Zn.H/c2*1-2-17-8-10-18(11-9-17)16-29-20-12-13-21(23(28)15-20)26-27-22-7-3-5-19-6-4-14-25-24(19)22;2*19-11-6-7-12(14(20)9-11)17-18-13-5-1-3-10-4-2-8-16-15(10)13;1-2-8-3-5-9(7-10)6-4-8;2-1-4-3;;;;;/h2*2-15,28H,1,16H2;2*1-9,19-20H;2-6H,1,7H2;1,3H;;;;;/q;;;;;;2*+1;;;-1/p-1. The number of phenols is 6. The minimum absolute atomic E-state index is 0. The molecule has 0 bridgehead atoms. The van der Waals surface area contributed by atoms with Gasteiger partial charge in [-0.25, -0.2) is 0 Å². The van der Waals surface area contributed by atoms with Crippen molar-refractivity contribution in [2.24, 2.45) is 40.9 Å². The van der Waals surface area contributed by atoms with Crippen molar-refractivity contribution < 1.29 is 233 Å². The number of alkyl halides is 1. The van der Waals surface area contributed by atoms with Crippen LogP contribution in [0.2, 0.25) is 0 Å². The summed E-state index contributed by atoms with van der Waals surface area (Å²) in [6.07, 6.45) is 12.2. The second-order valence-electron chi connectivity index (χ2n) is 23.6. The van der Waals surface area contributed by atoms with Crippen LogP contribution in [-0.4, -0.2) is 57.0 Å². The molecule has 0 radical (unpaired) electrons. The van der Waals surface area contributed by atoms with Gasteiger partial charge in [-0.15, -0.1) is 52.5 Å². The maximum Gasteiger partial charge on any atom is 1.00 e. The predicted molar refractivity (Wildman–Crippen MR) is 436 cm³/mol. The predicted octanol–water partition coefficient (Wildman–Crippen LogP) is 16.9.